The van der Waals surface area contributed by atoms with Crippen molar-refractivity contribution in [2.75, 3.05) is 0 Å². The highest BCUT2D eigenvalue weighted by molar-refractivity contribution is 14.1. The summed E-state index contributed by atoms with van der Waals surface area (Å²) < 4.78 is 2.26. The summed E-state index contributed by atoms with van der Waals surface area (Å²) >= 11 is 7.85. The topological polar surface area (TPSA) is 34.9 Å². The Morgan fingerprint density at radius 2 is 2.00 bits per heavy atom. The lowest BCUT2D eigenvalue weighted by Crippen LogP contribution is -2.22. The van der Waals surface area contributed by atoms with Crippen molar-refractivity contribution in [2.45, 2.75) is 6.54 Å². The zero-order chi connectivity index (χ0) is 11.5. The fraction of sp³-hybridized carbons (Fsp3) is 0.0909. The van der Waals surface area contributed by atoms with Gasteiger partial charge in [-0.3, -0.25) is 4.79 Å². The van der Waals surface area contributed by atoms with Gasteiger partial charge in [-0.2, -0.15) is 5.10 Å². The Hall–Kier alpha value is -0.880. The van der Waals surface area contributed by atoms with Gasteiger partial charge in [-0.05, 0) is 40.3 Å². The SMILES string of the molecule is O=c1cc(I)cnn1Cc1ccc(Cl)cc1. The van der Waals surface area contributed by atoms with Gasteiger partial charge in [0.15, 0.2) is 0 Å². The van der Waals surface area contributed by atoms with E-state index in [9.17, 15) is 4.79 Å². The van der Waals surface area contributed by atoms with Gasteiger partial charge in [-0.1, -0.05) is 23.7 Å². The van der Waals surface area contributed by atoms with Crippen molar-refractivity contribution in [3.05, 3.63) is 61.0 Å². The van der Waals surface area contributed by atoms with Crippen LogP contribution in [-0.2, 0) is 6.54 Å². The Morgan fingerprint density at radius 1 is 1.31 bits per heavy atom. The second-order valence-electron chi connectivity index (χ2n) is 3.30. The number of halogens is 2. The minimum Gasteiger partial charge on any atom is -0.268 e. The van der Waals surface area contributed by atoms with Crippen molar-refractivity contribution in [1.82, 2.24) is 9.78 Å². The largest absolute Gasteiger partial charge is 0.268 e. The molecule has 2 aromatic rings. The lowest BCUT2D eigenvalue weighted by Gasteiger charge is -2.04. The Kier molecular flexibility index (Phi) is 3.60. The van der Waals surface area contributed by atoms with Crippen molar-refractivity contribution in [3.8, 4) is 0 Å². The lowest BCUT2D eigenvalue weighted by atomic mass is 10.2. The average molecular weight is 347 g/mol. The summed E-state index contributed by atoms with van der Waals surface area (Å²) in [6, 6.07) is 8.93. The molecule has 2 rings (SSSR count). The van der Waals surface area contributed by atoms with Crippen LogP contribution in [-0.4, -0.2) is 9.78 Å². The molecule has 0 bridgehead atoms. The molecule has 0 unspecified atom stereocenters. The molecule has 0 amide bonds. The number of hydrogen-bond donors (Lipinski definition) is 0. The zero-order valence-electron chi connectivity index (χ0n) is 8.23. The summed E-state index contributed by atoms with van der Waals surface area (Å²) in [6.45, 7) is 0.465. The molecular formula is C11H8ClIN2O. The van der Waals surface area contributed by atoms with Crippen molar-refractivity contribution < 1.29 is 0 Å². The van der Waals surface area contributed by atoms with Gasteiger partial charge in [0.2, 0.25) is 0 Å². The van der Waals surface area contributed by atoms with Crippen LogP contribution in [0.4, 0.5) is 0 Å². The van der Waals surface area contributed by atoms with E-state index < -0.39 is 0 Å². The Morgan fingerprint density at radius 3 is 2.62 bits per heavy atom. The molecule has 1 aromatic carbocycles. The van der Waals surface area contributed by atoms with Crippen LogP contribution in [0.5, 0.6) is 0 Å². The van der Waals surface area contributed by atoms with E-state index in [0.717, 1.165) is 9.13 Å². The minimum absolute atomic E-state index is 0.0955. The van der Waals surface area contributed by atoms with Gasteiger partial charge >= 0.3 is 0 Å². The van der Waals surface area contributed by atoms with Crippen molar-refractivity contribution >= 4 is 34.2 Å². The Labute approximate surface area is 111 Å². The number of benzene rings is 1. The summed E-state index contributed by atoms with van der Waals surface area (Å²) in [6.07, 6.45) is 1.66. The molecule has 0 aliphatic heterocycles. The smallest absolute Gasteiger partial charge is 0.268 e. The highest BCUT2D eigenvalue weighted by atomic mass is 127. The maximum absolute atomic E-state index is 11.6. The second kappa shape index (κ2) is 4.97. The summed E-state index contributed by atoms with van der Waals surface area (Å²) in [5, 5.41) is 4.75. The van der Waals surface area contributed by atoms with Gasteiger partial charge in [-0.25, -0.2) is 4.68 Å². The fourth-order valence-electron chi connectivity index (χ4n) is 1.29. The predicted molar refractivity (Wildman–Crippen MR) is 71.8 cm³/mol. The van der Waals surface area contributed by atoms with Crippen LogP contribution in [0.3, 0.4) is 0 Å². The molecule has 3 nitrogen and oxygen atoms in total. The molecule has 0 saturated heterocycles. The predicted octanol–water partition coefficient (Wildman–Crippen LogP) is 2.55. The van der Waals surface area contributed by atoms with E-state index in [1.165, 1.54) is 4.68 Å². The summed E-state index contributed by atoms with van der Waals surface area (Å²) in [7, 11) is 0. The van der Waals surface area contributed by atoms with E-state index in [1.807, 2.05) is 12.1 Å². The van der Waals surface area contributed by atoms with Crippen LogP contribution in [0.1, 0.15) is 5.56 Å². The maximum Gasteiger partial charge on any atom is 0.268 e. The third kappa shape index (κ3) is 2.82. The van der Waals surface area contributed by atoms with E-state index in [0.29, 0.717) is 11.6 Å². The first-order chi connectivity index (χ1) is 7.65. The van der Waals surface area contributed by atoms with Crippen LogP contribution in [0.2, 0.25) is 5.02 Å². The lowest BCUT2D eigenvalue weighted by molar-refractivity contribution is 0.636. The number of rotatable bonds is 2. The van der Waals surface area contributed by atoms with E-state index in [-0.39, 0.29) is 5.56 Å². The van der Waals surface area contributed by atoms with E-state index >= 15 is 0 Å². The second-order valence-corrected chi connectivity index (χ2v) is 4.98. The Balaban J connectivity index is 2.27. The third-order valence-corrected chi connectivity index (χ3v) is 2.92. The molecule has 0 atom stereocenters. The number of nitrogens with zero attached hydrogens (tertiary/aromatic N) is 2. The molecule has 5 heteroatoms. The Bertz CT molecular complexity index is 551. The van der Waals surface area contributed by atoms with Crippen LogP contribution < -0.4 is 5.56 Å². The molecule has 0 aliphatic rings. The molecule has 0 aliphatic carbocycles. The van der Waals surface area contributed by atoms with Gasteiger partial charge in [-0.15, -0.1) is 0 Å². The van der Waals surface area contributed by atoms with E-state index in [2.05, 4.69) is 27.7 Å². The monoisotopic (exact) mass is 346 g/mol. The normalized spacial score (nSPS) is 10.4. The number of hydrogen-bond acceptors (Lipinski definition) is 2. The van der Waals surface area contributed by atoms with Crippen molar-refractivity contribution in [2.24, 2.45) is 0 Å². The van der Waals surface area contributed by atoms with Gasteiger partial charge in [0.1, 0.15) is 0 Å². The fourth-order valence-corrected chi connectivity index (χ4v) is 1.81. The van der Waals surface area contributed by atoms with Crippen molar-refractivity contribution in [3.63, 3.8) is 0 Å². The van der Waals surface area contributed by atoms with Crippen LogP contribution in [0, 0.1) is 3.57 Å². The van der Waals surface area contributed by atoms with Crippen LogP contribution >= 0.6 is 34.2 Å². The van der Waals surface area contributed by atoms with Crippen LogP contribution in [0.25, 0.3) is 0 Å². The molecule has 0 radical (unpaired) electrons. The molecule has 1 aromatic heterocycles. The maximum atomic E-state index is 11.6. The van der Waals surface area contributed by atoms with E-state index in [1.54, 1.807) is 24.4 Å². The first-order valence-corrected chi connectivity index (χ1v) is 6.08. The standard InChI is InChI=1S/C11H8ClIN2O/c12-9-3-1-8(2-4-9)7-15-11(16)5-10(13)6-14-15/h1-6H,7H2. The molecule has 82 valence electrons. The van der Waals surface area contributed by atoms with Gasteiger partial charge < -0.3 is 0 Å². The quantitative estimate of drug-likeness (QED) is 0.783. The molecule has 0 N–H and O–H groups in total. The van der Waals surface area contributed by atoms with Crippen LogP contribution in [0.15, 0.2) is 41.3 Å². The summed E-state index contributed by atoms with van der Waals surface area (Å²) in [4.78, 5) is 11.6. The molecule has 0 saturated carbocycles. The first-order valence-electron chi connectivity index (χ1n) is 4.62. The zero-order valence-corrected chi connectivity index (χ0v) is 11.1. The van der Waals surface area contributed by atoms with E-state index in [4.69, 9.17) is 11.6 Å². The molecule has 0 spiro atoms. The summed E-state index contributed by atoms with van der Waals surface area (Å²) in [5.41, 5.74) is 0.905. The van der Waals surface area contributed by atoms with Gasteiger partial charge in [0, 0.05) is 14.7 Å². The molecular weight excluding hydrogens is 338 g/mol. The molecule has 16 heavy (non-hydrogen) atoms. The summed E-state index contributed by atoms with van der Waals surface area (Å²) in [5.74, 6) is 0. The highest BCUT2D eigenvalue weighted by Gasteiger charge is 1.99. The molecule has 1 heterocycles. The van der Waals surface area contributed by atoms with Gasteiger partial charge in [0.05, 0.1) is 12.7 Å². The highest BCUT2D eigenvalue weighted by Crippen LogP contribution is 2.09. The van der Waals surface area contributed by atoms with Crippen molar-refractivity contribution in [1.29, 1.82) is 0 Å². The first kappa shape index (κ1) is 11.6. The average Bonchev–Trinajstić information content (AvgIpc) is 2.25. The third-order valence-electron chi connectivity index (χ3n) is 2.08. The number of aromatic nitrogens is 2. The minimum atomic E-state index is -0.0955. The van der Waals surface area contributed by atoms with Gasteiger partial charge in [0.25, 0.3) is 5.56 Å². The molecule has 0 fully saturated rings.